The van der Waals surface area contributed by atoms with Crippen LogP contribution in [0.5, 0.6) is 0 Å². The molecule has 116 valence electrons. The van der Waals surface area contributed by atoms with E-state index in [1.54, 1.807) is 0 Å². The number of ether oxygens (including phenoxy) is 2. The standard InChI is InChI=1S/C17H20N2O3/c20-17(12-1-3-14-11(9-12)5-6-18-14)19-13-2-4-15-16(10-13)22-8-7-21-15/h1,3,5-6,9,13,15-16,18H,2,4,7-8,10H2,(H,19,20). The molecule has 1 saturated carbocycles. The van der Waals surface area contributed by atoms with Crippen LogP contribution in [0, 0.1) is 0 Å². The van der Waals surface area contributed by atoms with Crippen molar-refractivity contribution in [2.45, 2.75) is 37.5 Å². The Bertz CT molecular complexity index is 681. The lowest BCUT2D eigenvalue weighted by molar-refractivity contribution is -0.157. The molecule has 2 fully saturated rings. The summed E-state index contributed by atoms with van der Waals surface area (Å²) >= 11 is 0. The number of hydrogen-bond acceptors (Lipinski definition) is 3. The van der Waals surface area contributed by atoms with Gasteiger partial charge in [0.1, 0.15) is 0 Å². The maximum atomic E-state index is 12.4. The van der Waals surface area contributed by atoms with Crippen LogP contribution < -0.4 is 5.32 Å². The first-order chi connectivity index (χ1) is 10.8. The quantitative estimate of drug-likeness (QED) is 0.894. The molecule has 1 aromatic carbocycles. The van der Waals surface area contributed by atoms with E-state index in [1.807, 2.05) is 30.5 Å². The van der Waals surface area contributed by atoms with E-state index in [2.05, 4.69) is 10.3 Å². The zero-order valence-electron chi connectivity index (χ0n) is 12.4. The minimum atomic E-state index is -0.0109. The topological polar surface area (TPSA) is 63.4 Å². The maximum Gasteiger partial charge on any atom is 0.251 e. The fraction of sp³-hybridized carbons (Fsp3) is 0.471. The fourth-order valence-electron chi connectivity index (χ4n) is 3.46. The highest BCUT2D eigenvalue weighted by Crippen LogP contribution is 2.27. The minimum Gasteiger partial charge on any atom is -0.373 e. The van der Waals surface area contributed by atoms with Crippen LogP contribution in [0.25, 0.3) is 10.9 Å². The van der Waals surface area contributed by atoms with Crippen molar-refractivity contribution < 1.29 is 14.3 Å². The number of aromatic amines is 1. The SMILES string of the molecule is O=C(NC1CCC2OCCOC2C1)c1ccc2[nH]ccc2c1. The summed E-state index contributed by atoms with van der Waals surface area (Å²) in [5, 5.41) is 4.20. The van der Waals surface area contributed by atoms with Crippen LogP contribution in [-0.4, -0.2) is 42.4 Å². The van der Waals surface area contributed by atoms with E-state index in [0.717, 1.165) is 30.2 Å². The molecular weight excluding hydrogens is 280 g/mol. The van der Waals surface area contributed by atoms with E-state index < -0.39 is 0 Å². The van der Waals surface area contributed by atoms with Crippen molar-refractivity contribution in [1.82, 2.24) is 10.3 Å². The zero-order chi connectivity index (χ0) is 14.9. The van der Waals surface area contributed by atoms with Crippen molar-refractivity contribution in [3.63, 3.8) is 0 Å². The zero-order valence-corrected chi connectivity index (χ0v) is 12.4. The average molecular weight is 300 g/mol. The minimum absolute atomic E-state index is 0.0109. The maximum absolute atomic E-state index is 12.4. The van der Waals surface area contributed by atoms with Gasteiger partial charge >= 0.3 is 0 Å². The Kier molecular flexibility index (Phi) is 3.60. The number of fused-ring (bicyclic) bond motifs is 2. The van der Waals surface area contributed by atoms with Gasteiger partial charge in [0.2, 0.25) is 0 Å². The molecule has 1 aliphatic carbocycles. The molecule has 0 bridgehead atoms. The second-order valence-corrected chi connectivity index (χ2v) is 6.08. The van der Waals surface area contributed by atoms with Gasteiger partial charge in [0.05, 0.1) is 25.4 Å². The molecule has 2 aliphatic rings. The molecule has 1 amide bonds. The summed E-state index contributed by atoms with van der Waals surface area (Å²) in [4.78, 5) is 15.6. The first-order valence-corrected chi connectivity index (χ1v) is 7.91. The molecule has 1 saturated heterocycles. The molecule has 5 nitrogen and oxygen atoms in total. The normalized spacial score (nSPS) is 28.3. The molecule has 22 heavy (non-hydrogen) atoms. The summed E-state index contributed by atoms with van der Waals surface area (Å²) < 4.78 is 11.5. The summed E-state index contributed by atoms with van der Waals surface area (Å²) in [7, 11) is 0. The second-order valence-electron chi connectivity index (χ2n) is 6.08. The number of amides is 1. The summed E-state index contributed by atoms with van der Waals surface area (Å²) in [6.45, 7) is 1.35. The number of aromatic nitrogens is 1. The Labute approximate surface area is 129 Å². The first kappa shape index (κ1) is 13.8. The van der Waals surface area contributed by atoms with Gasteiger partial charge < -0.3 is 19.8 Å². The average Bonchev–Trinajstić information content (AvgIpc) is 3.02. The predicted octanol–water partition coefficient (Wildman–Crippen LogP) is 2.23. The highest BCUT2D eigenvalue weighted by molar-refractivity contribution is 5.98. The van der Waals surface area contributed by atoms with Crippen LogP contribution in [0.2, 0.25) is 0 Å². The van der Waals surface area contributed by atoms with E-state index >= 15 is 0 Å². The van der Waals surface area contributed by atoms with Gasteiger partial charge in [-0.05, 0) is 43.5 Å². The predicted molar refractivity (Wildman–Crippen MR) is 82.9 cm³/mol. The fourth-order valence-corrected chi connectivity index (χ4v) is 3.46. The first-order valence-electron chi connectivity index (χ1n) is 7.91. The van der Waals surface area contributed by atoms with Gasteiger partial charge in [0, 0.05) is 28.7 Å². The third-order valence-electron chi connectivity index (χ3n) is 4.63. The molecule has 3 atom stereocenters. The van der Waals surface area contributed by atoms with Crippen molar-refractivity contribution in [1.29, 1.82) is 0 Å². The van der Waals surface area contributed by atoms with E-state index in [1.165, 1.54) is 0 Å². The molecule has 1 aliphatic heterocycles. The highest BCUT2D eigenvalue weighted by atomic mass is 16.6. The lowest BCUT2D eigenvalue weighted by Crippen LogP contribution is -2.49. The number of benzene rings is 1. The Morgan fingerprint density at radius 1 is 1.14 bits per heavy atom. The van der Waals surface area contributed by atoms with E-state index in [-0.39, 0.29) is 24.2 Å². The summed E-state index contributed by atoms with van der Waals surface area (Å²) in [6.07, 6.45) is 4.95. The Hall–Kier alpha value is -1.85. The van der Waals surface area contributed by atoms with Gasteiger partial charge in [-0.1, -0.05) is 0 Å². The molecule has 4 rings (SSSR count). The number of rotatable bonds is 2. The van der Waals surface area contributed by atoms with E-state index in [4.69, 9.17) is 9.47 Å². The van der Waals surface area contributed by atoms with E-state index in [0.29, 0.717) is 18.8 Å². The third kappa shape index (κ3) is 2.62. The van der Waals surface area contributed by atoms with Crippen molar-refractivity contribution >= 4 is 16.8 Å². The molecule has 0 spiro atoms. The lowest BCUT2D eigenvalue weighted by Gasteiger charge is -2.39. The van der Waals surface area contributed by atoms with Crippen molar-refractivity contribution in [3.05, 3.63) is 36.0 Å². The van der Waals surface area contributed by atoms with Crippen LogP contribution in [-0.2, 0) is 9.47 Å². The van der Waals surface area contributed by atoms with Gasteiger partial charge in [0.25, 0.3) is 5.91 Å². The van der Waals surface area contributed by atoms with Gasteiger partial charge in [-0.25, -0.2) is 0 Å². The van der Waals surface area contributed by atoms with Gasteiger partial charge in [-0.15, -0.1) is 0 Å². The highest BCUT2D eigenvalue weighted by Gasteiger charge is 2.34. The van der Waals surface area contributed by atoms with Crippen LogP contribution in [0.1, 0.15) is 29.6 Å². The Morgan fingerprint density at radius 2 is 2.00 bits per heavy atom. The molecule has 3 unspecified atom stereocenters. The molecule has 5 heteroatoms. The second kappa shape index (κ2) is 5.74. The van der Waals surface area contributed by atoms with Crippen LogP contribution in [0.15, 0.2) is 30.5 Å². The van der Waals surface area contributed by atoms with Crippen LogP contribution in [0.4, 0.5) is 0 Å². The van der Waals surface area contributed by atoms with Crippen molar-refractivity contribution in [2.24, 2.45) is 0 Å². The lowest BCUT2D eigenvalue weighted by atomic mass is 9.89. The smallest absolute Gasteiger partial charge is 0.251 e. The number of hydrogen-bond donors (Lipinski definition) is 2. The Balaban J connectivity index is 1.43. The molecule has 1 aromatic heterocycles. The van der Waals surface area contributed by atoms with Crippen molar-refractivity contribution in [2.75, 3.05) is 13.2 Å². The van der Waals surface area contributed by atoms with Gasteiger partial charge in [-0.3, -0.25) is 4.79 Å². The van der Waals surface area contributed by atoms with Crippen LogP contribution in [0.3, 0.4) is 0 Å². The number of carbonyl (C=O) groups excluding carboxylic acids is 1. The monoisotopic (exact) mass is 300 g/mol. The van der Waals surface area contributed by atoms with E-state index in [9.17, 15) is 4.79 Å². The molecular formula is C17H20N2O3. The van der Waals surface area contributed by atoms with Gasteiger partial charge in [0.15, 0.2) is 0 Å². The Morgan fingerprint density at radius 3 is 2.91 bits per heavy atom. The molecule has 2 heterocycles. The summed E-state index contributed by atoms with van der Waals surface area (Å²) in [6, 6.07) is 7.87. The third-order valence-corrected chi connectivity index (χ3v) is 4.63. The number of H-pyrrole nitrogens is 1. The largest absolute Gasteiger partial charge is 0.373 e. The molecule has 2 aromatic rings. The number of carbonyl (C=O) groups is 1. The number of nitrogens with one attached hydrogen (secondary N) is 2. The summed E-state index contributed by atoms with van der Waals surface area (Å²) in [5.41, 5.74) is 1.75. The van der Waals surface area contributed by atoms with Gasteiger partial charge in [-0.2, -0.15) is 0 Å². The molecule has 0 radical (unpaired) electrons. The van der Waals surface area contributed by atoms with Crippen molar-refractivity contribution in [3.8, 4) is 0 Å². The molecule has 2 N–H and O–H groups in total. The summed E-state index contributed by atoms with van der Waals surface area (Å²) in [5.74, 6) is -0.0109. The van der Waals surface area contributed by atoms with Crippen LogP contribution >= 0.6 is 0 Å².